The van der Waals surface area contributed by atoms with Gasteiger partial charge in [-0.25, -0.2) is 8.42 Å². The van der Waals surface area contributed by atoms with Crippen LogP contribution in [0, 0.1) is 5.41 Å². The number of nitrogens with one attached hydrogen (secondary N) is 4. The van der Waals surface area contributed by atoms with Crippen molar-refractivity contribution in [2.75, 3.05) is 23.8 Å². The molecule has 1 aromatic heterocycles. The van der Waals surface area contributed by atoms with Crippen LogP contribution in [-0.4, -0.2) is 59.3 Å². The van der Waals surface area contributed by atoms with Gasteiger partial charge in [-0.2, -0.15) is 28.1 Å². The number of benzene rings is 2. The van der Waals surface area contributed by atoms with Gasteiger partial charge in [0.25, 0.3) is 5.91 Å². The number of amides is 2. The predicted molar refractivity (Wildman–Crippen MR) is 170 cm³/mol. The van der Waals surface area contributed by atoms with E-state index in [1.54, 1.807) is 12.1 Å². The summed E-state index contributed by atoms with van der Waals surface area (Å²) in [5.41, 5.74) is -0.262. The Morgan fingerprint density at radius 1 is 0.915 bits per heavy atom. The maximum Gasteiger partial charge on any atom is 0.422 e. The summed E-state index contributed by atoms with van der Waals surface area (Å²) in [6, 6.07) is 12.6. The lowest BCUT2D eigenvalue weighted by atomic mass is 9.92. The van der Waals surface area contributed by atoms with Gasteiger partial charge in [0.15, 0.2) is 6.61 Å². The van der Waals surface area contributed by atoms with E-state index >= 15 is 0 Å². The van der Waals surface area contributed by atoms with Crippen molar-refractivity contribution in [3.63, 3.8) is 0 Å². The topological polar surface area (TPSA) is 164 Å². The van der Waals surface area contributed by atoms with Crippen molar-refractivity contribution in [2.45, 2.75) is 63.9 Å². The zero-order valence-electron chi connectivity index (χ0n) is 26.3. The minimum atomic E-state index is -4.62. The summed E-state index contributed by atoms with van der Waals surface area (Å²) in [5.74, 6) is -1.41. The Balaban J connectivity index is 1.45. The number of anilines is 3. The molecule has 1 saturated carbocycles. The number of nitrogens with zero attached hydrogens (tertiary/aromatic N) is 3. The van der Waals surface area contributed by atoms with E-state index in [1.807, 2.05) is 12.1 Å². The summed E-state index contributed by atoms with van der Waals surface area (Å²) in [6.45, 7) is 5.61. The van der Waals surface area contributed by atoms with E-state index in [2.05, 4.69) is 35.6 Å². The Hall–Kier alpha value is -4.18. The number of sulfonamides is 1. The van der Waals surface area contributed by atoms with Crippen molar-refractivity contribution in [1.82, 2.24) is 25.0 Å². The molecule has 2 aromatic carbocycles. The molecule has 47 heavy (non-hydrogen) atoms. The maximum atomic E-state index is 12.9. The summed E-state index contributed by atoms with van der Waals surface area (Å²) < 4.78 is 69.1. The smallest absolute Gasteiger partial charge is 0.422 e. The van der Waals surface area contributed by atoms with E-state index in [1.165, 1.54) is 58.9 Å². The number of ether oxygens (including phenoxy) is 1. The van der Waals surface area contributed by atoms with Crippen LogP contribution < -0.4 is 25.4 Å². The van der Waals surface area contributed by atoms with E-state index in [0.29, 0.717) is 10.7 Å². The SMILES string of the molecule is CC(C)(CNC(=O)c1ccc(Nc2nc(NC3(c4ccc(Cl)cc4)CC3)nc(OCC(F)(F)F)n2)cc1)C(=O)NS(=O)(=O)C(C)(C)C. The number of alkyl halides is 3. The highest BCUT2D eigenvalue weighted by Gasteiger charge is 2.45. The molecule has 254 valence electrons. The van der Waals surface area contributed by atoms with Crippen molar-refractivity contribution in [3.8, 4) is 6.01 Å². The van der Waals surface area contributed by atoms with Gasteiger partial charge in [-0.15, -0.1) is 0 Å². The van der Waals surface area contributed by atoms with E-state index in [9.17, 15) is 31.2 Å². The van der Waals surface area contributed by atoms with Gasteiger partial charge in [-0.05, 0) is 89.4 Å². The molecule has 0 aliphatic heterocycles. The number of aromatic nitrogens is 3. The first-order chi connectivity index (χ1) is 21.7. The van der Waals surface area contributed by atoms with Gasteiger partial charge in [0, 0.05) is 22.8 Å². The third kappa shape index (κ3) is 9.44. The molecule has 0 saturated heterocycles. The molecular weight excluding hydrogens is 663 g/mol. The fraction of sp³-hybridized carbons (Fsp3) is 0.433. The highest BCUT2D eigenvalue weighted by atomic mass is 35.5. The van der Waals surface area contributed by atoms with E-state index < -0.39 is 56.3 Å². The van der Waals surface area contributed by atoms with Crippen molar-refractivity contribution in [2.24, 2.45) is 5.41 Å². The number of rotatable bonds is 12. The van der Waals surface area contributed by atoms with E-state index in [0.717, 1.165) is 18.4 Å². The summed E-state index contributed by atoms with van der Waals surface area (Å²) >= 11 is 6.01. The van der Waals surface area contributed by atoms with Gasteiger partial charge >= 0.3 is 12.2 Å². The average Bonchev–Trinajstić information content (AvgIpc) is 3.74. The average molecular weight is 698 g/mol. The Morgan fingerprint density at radius 3 is 2.06 bits per heavy atom. The number of hydrogen-bond acceptors (Lipinski definition) is 10. The molecule has 1 aliphatic rings. The van der Waals surface area contributed by atoms with E-state index in [-0.39, 0.29) is 24.0 Å². The lowest BCUT2D eigenvalue weighted by Gasteiger charge is -2.27. The quantitative estimate of drug-likeness (QED) is 0.195. The number of carbonyl (C=O) groups is 2. The molecule has 3 aromatic rings. The summed E-state index contributed by atoms with van der Waals surface area (Å²) in [4.78, 5) is 37.8. The zero-order valence-corrected chi connectivity index (χ0v) is 27.8. The van der Waals surface area contributed by atoms with Crippen LogP contribution in [0.2, 0.25) is 5.02 Å². The molecule has 1 aliphatic carbocycles. The molecule has 4 rings (SSSR count). The Bertz CT molecular complexity index is 1730. The summed E-state index contributed by atoms with van der Waals surface area (Å²) in [7, 11) is -3.94. The van der Waals surface area contributed by atoms with E-state index in [4.69, 9.17) is 16.3 Å². The predicted octanol–water partition coefficient (Wildman–Crippen LogP) is 5.31. The van der Waals surface area contributed by atoms with Crippen molar-refractivity contribution < 1.29 is 35.9 Å². The van der Waals surface area contributed by atoms with Crippen molar-refractivity contribution in [3.05, 3.63) is 64.7 Å². The van der Waals surface area contributed by atoms with Crippen LogP contribution in [0.15, 0.2) is 48.5 Å². The second-order valence-electron chi connectivity index (χ2n) is 12.7. The molecule has 0 atom stereocenters. The molecule has 0 bridgehead atoms. The maximum absolute atomic E-state index is 12.9. The lowest BCUT2D eigenvalue weighted by Crippen LogP contribution is -2.50. The number of hydrogen-bond donors (Lipinski definition) is 4. The molecule has 0 unspecified atom stereocenters. The van der Waals surface area contributed by atoms with Crippen LogP contribution in [0.1, 0.15) is 63.4 Å². The molecule has 2 amide bonds. The second-order valence-corrected chi connectivity index (χ2v) is 15.6. The standard InChI is InChI=1S/C30H35ClF3N7O5S/c1-27(2,3)47(44,45)41-23(43)28(4,5)16-35-22(42)18-6-12-21(13-7-18)36-24-37-25(39-26(38-24)46-17-30(32,33)34)40-29(14-15-29)19-8-10-20(31)11-9-19/h6-13H,14-17H2,1-5H3,(H,35,42)(H,41,43)(H2,36,37,38,39,40). The Kier molecular flexibility index (Phi) is 9.97. The van der Waals surface area contributed by atoms with Gasteiger partial charge in [0.05, 0.1) is 15.7 Å². The number of halogens is 4. The first kappa shape index (κ1) is 35.7. The van der Waals surface area contributed by atoms with Crippen LogP contribution in [0.4, 0.5) is 30.8 Å². The van der Waals surface area contributed by atoms with Crippen LogP contribution in [0.5, 0.6) is 6.01 Å². The minimum absolute atomic E-state index is 0.00919. The lowest BCUT2D eigenvalue weighted by molar-refractivity contribution is -0.154. The first-order valence-electron chi connectivity index (χ1n) is 14.4. The third-order valence-electron chi connectivity index (χ3n) is 7.22. The second kappa shape index (κ2) is 13.1. The molecule has 1 fully saturated rings. The van der Waals surface area contributed by atoms with Gasteiger partial charge in [-0.3, -0.25) is 14.3 Å². The summed E-state index contributed by atoms with van der Waals surface area (Å²) in [6.07, 6.45) is -3.17. The molecule has 0 radical (unpaired) electrons. The molecule has 0 spiro atoms. The van der Waals surface area contributed by atoms with Crippen molar-refractivity contribution >= 4 is 51.0 Å². The van der Waals surface area contributed by atoms with Crippen molar-refractivity contribution in [1.29, 1.82) is 0 Å². The fourth-order valence-corrected chi connectivity index (χ4v) is 4.96. The van der Waals surface area contributed by atoms with Crippen LogP contribution in [-0.2, 0) is 20.4 Å². The minimum Gasteiger partial charge on any atom is -0.454 e. The molecule has 12 nitrogen and oxygen atoms in total. The largest absolute Gasteiger partial charge is 0.454 e. The van der Waals surface area contributed by atoms with Crippen LogP contribution in [0.25, 0.3) is 0 Å². The normalized spacial score (nSPS) is 14.6. The van der Waals surface area contributed by atoms with Crippen LogP contribution in [0.3, 0.4) is 0 Å². The van der Waals surface area contributed by atoms with Gasteiger partial charge < -0.3 is 20.7 Å². The molecule has 17 heteroatoms. The highest BCUT2D eigenvalue weighted by molar-refractivity contribution is 7.91. The fourth-order valence-electron chi connectivity index (χ4n) is 4.00. The Morgan fingerprint density at radius 2 is 1.51 bits per heavy atom. The summed E-state index contributed by atoms with van der Waals surface area (Å²) in [5, 5.41) is 9.25. The third-order valence-corrected chi connectivity index (χ3v) is 9.54. The first-order valence-corrected chi connectivity index (χ1v) is 16.3. The van der Waals surface area contributed by atoms with Crippen LogP contribution >= 0.6 is 11.6 Å². The molecule has 1 heterocycles. The zero-order chi connectivity index (χ0) is 34.8. The number of carbonyl (C=O) groups excluding carboxylic acids is 2. The van der Waals surface area contributed by atoms with Gasteiger partial charge in [0.2, 0.25) is 27.8 Å². The monoisotopic (exact) mass is 697 g/mol. The molecular formula is C30H35ClF3N7O5S. The van der Waals surface area contributed by atoms with Gasteiger partial charge in [-0.1, -0.05) is 23.7 Å². The highest BCUT2D eigenvalue weighted by Crippen LogP contribution is 2.48. The molecule has 4 N–H and O–H groups in total. The Labute approximate surface area is 275 Å². The van der Waals surface area contributed by atoms with Gasteiger partial charge in [0.1, 0.15) is 0 Å².